The number of halogens is 1. The van der Waals surface area contributed by atoms with Crippen LogP contribution in [-0.2, 0) is 14.3 Å². The largest absolute Gasteiger partial charge is 0.467 e. The van der Waals surface area contributed by atoms with Crippen LogP contribution in [0.5, 0.6) is 0 Å². The first-order valence-electron chi connectivity index (χ1n) is 5.33. The number of aromatic nitrogens is 2. The molecule has 0 saturated carbocycles. The maximum absolute atomic E-state index is 11.7. The lowest BCUT2D eigenvalue weighted by molar-refractivity contribution is -0.144. The van der Waals surface area contributed by atoms with Crippen molar-refractivity contribution in [1.82, 2.24) is 9.97 Å². The Morgan fingerprint density at radius 3 is 3.17 bits per heavy atom. The molecule has 2 heterocycles. The number of morpholine rings is 1. The minimum Gasteiger partial charge on any atom is -0.467 e. The summed E-state index contributed by atoms with van der Waals surface area (Å²) in [7, 11) is 1.32. The molecule has 1 aromatic rings. The number of nitrogen functional groups attached to an aromatic ring is 1. The quantitative estimate of drug-likeness (QED) is 0.763. The van der Waals surface area contributed by atoms with Crippen LogP contribution in [0.25, 0.3) is 0 Å². The van der Waals surface area contributed by atoms with Gasteiger partial charge in [0.2, 0.25) is 0 Å². The number of esters is 1. The van der Waals surface area contributed by atoms with Crippen LogP contribution in [-0.4, -0.2) is 48.8 Å². The lowest BCUT2D eigenvalue weighted by Crippen LogP contribution is -2.51. The van der Waals surface area contributed by atoms with Crippen molar-refractivity contribution >= 4 is 29.2 Å². The van der Waals surface area contributed by atoms with Gasteiger partial charge in [0.15, 0.2) is 11.9 Å². The number of rotatable bonds is 2. The van der Waals surface area contributed by atoms with Gasteiger partial charge < -0.3 is 20.1 Å². The first-order chi connectivity index (χ1) is 8.65. The molecule has 1 saturated heterocycles. The van der Waals surface area contributed by atoms with E-state index < -0.39 is 12.0 Å². The molecule has 0 amide bonds. The molecule has 8 heteroatoms. The smallest absolute Gasteiger partial charge is 0.330 e. The number of hydrogen-bond acceptors (Lipinski definition) is 7. The zero-order valence-corrected chi connectivity index (χ0v) is 10.6. The number of methoxy groups -OCH3 is 1. The molecular formula is C10H13ClN4O3. The monoisotopic (exact) mass is 272 g/mol. The van der Waals surface area contributed by atoms with E-state index in [9.17, 15) is 4.79 Å². The highest BCUT2D eigenvalue weighted by molar-refractivity contribution is 6.35. The van der Waals surface area contributed by atoms with Crippen molar-refractivity contribution in [1.29, 1.82) is 0 Å². The number of carbonyl (C=O) groups is 1. The molecule has 98 valence electrons. The number of nitrogens with zero attached hydrogens (tertiary/aromatic N) is 3. The van der Waals surface area contributed by atoms with Crippen LogP contribution in [0.4, 0.5) is 11.6 Å². The summed E-state index contributed by atoms with van der Waals surface area (Å²) in [5.74, 6) is 0.197. The van der Waals surface area contributed by atoms with Crippen LogP contribution in [0.15, 0.2) is 6.33 Å². The summed E-state index contributed by atoms with van der Waals surface area (Å²) in [5.41, 5.74) is 5.62. The second kappa shape index (κ2) is 5.36. The fourth-order valence-corrected chi connectivity index (χ4v) is 1.97. The van der Waals surface area contributed by atoms with Crippen LogP contribution in [0.2, 0.25) is 5.02 Å². The van der Waals surface area contributed by atoms with Gasteiger partial charge in [0.05, 0.1) is 20.3 Å². The fraction of sp³-hybridized carbons (Fsp3) is 0.500. The Morgan fingerprint density at radius 1 is 1.67 bits per heavy atom. The van der Waals surface area contributed by atoms with Crippen LogP contribution in [0.3, 0.4) is 0 Å². The van der Waals surface area contributed by atoms with Crippen molar-refractivity contribution in [3.05, 3.63) is 11.3 Å². The highest BCUT2D eigenvalue weighted by Crippen LogP contribution is 2.29. The van der Waals surface area contributed by atoms with Gasteiger partial charge in [0, 0.05) is 6.54 Å². The fourth-order valence-electron chi connectivity index (χ4n) is 1.76. The first-order valence-corrected chi connectivity index (χ1v) is 5.71. The first kappa shape index (κ1) is 12.8. The molecule has 2 N–H and O–H groups in total. The van der Waals surface area contributed by atoms with Crippen molar-refractivity contribution in [2.24, 2.45) is 0 Å². The highest BCUT2D eigenvalue weighted by Gasteiger charge is 2.32. The highest BCUT2D eigenvalue weighted by atomic mass is 35.5. The molecule has 0 bridgehead atoms. The summed E-state index contributed by atoms with van der Waals surface area (Å²) < 4.78 is 10.00. The third-order valence-electron chi connectivity index (χ3n) is 2.67. The molecule has 0 radical (unpaired) electrons. The number of carbonyl (C=O) groups excluding carboxylic acids is 1. The molecule has 18 heavy (non-hydrogen) atoms. The Hall–Kier alpha value is -1.60. The molecule has 1 aliphatic rings. The Kier molecular flexibility index (Phi) is 3.83. The van der Waals surface area contributed by atoms with Gasteiger partial charge >= 0.3 is 5.97 Å². The topological polar surface area (TPSA) is 90.6 Å². The maximum atomic E-state index is 11.7. The summed E-state index contributed by atoms with van der Waals surface area (Å²) in [6.45, 7) is 1.19. The Bertz CT molecular complexity index is 457. The van der Waals surface area contributed by atoms with Crippen molar-refractivity contribution < 1.29 is 14.3 Å². The van der Waals surface area contributed by atoms with E-state index in [0.29, 0.717) is 19.0 Å². The third-order valence-corrected chi connectivity index (χ3v) is 3.03. The van der Waals surface area contributed by atoms with Gasteiger partial charge in [-0.3, -0.25) is 0 Å². The van der Waals surface area contributed by atoms with Gasteiger partial charge in [0.1, 0.15) is 17.2 Å². The molecule has 1 atom stereocenters. The number of anilines is 2. The molecule has 0 spiro atoms. The number of hydrogen-bond donors (Lipinski definition) is 1. The molecule has 2 rings (SSSR count). The predicted molar refractivity (Wildman–Crippen MR) is 65.4 cm³/mol. The SMILES string of the molecule is COC(=O)C1COCCN1c1ncnc(N)c1Cl. The molecule has 1 unspecified atom stereocenters. The second-order valence-corrected chi connectivity index (χ2v) is 4.08. The molecule has 1 aromatic heterocycles. The Morgan fingerprint density at radius 2 is 2.44 bits per heavy atom. The Balaban J connectivity index is 2.34. The summed E-state index contributed by atoms with van der Waals surface area (Å²) in [6.07, 6.45) is 1.31. The minimum atomic E-state index is -0.574. The van der Waals surface area contributed by atoms with Crippen molar-refractivity contribution in [2.45, 2.75) is 6.04 Å². The maximum Gasteiger partial charge on any atom is 0.330 e. The van der Waals surface area contributed by atoms with E-state index in [4.69, 9.17) is 26.8 Å². The Labute approximate surface area is 109 Å². The summed E-state index contributed by atoms with van der Waals surface area (Å²) >= 11 is 6.06. The van der Waals surface area contributed by atoms with E-state index in [0.717, 1.165) is 0 Å². The summed E-state index contributed by atoms with van der Waals surface area (Å²) in [4.78, 5) is 21.3. The normalized spacial score (nSPS) is 19.7. The lowest BCUT2D eigenvalue weighted by atomic mass is 10.2. The molecule has 1 fully saturated rings. The molecule has 1 aliphatic heterocycles. The zero-order chi connectivity index (χ0) is 13.1. The van der Waals surface area contributed by atoms with E-state index in [-0.39, 0.29) is 17.4 Å². The van der Waals surface area contributed by atoms with Gasteiger partial charge in [0.25, 0.3) is 0 Å². The lowest BCUT2D eigenvalue weighted by Gasteiger charge is -2.34. The number of nitrogens with two attached hydrogens (primary N) is 1. The van der Waals surface area contributed by atoms with Crippen LogP contribution >= 0.6 is 11.6 Å². The predicted octanol–water partition coefficient (Wildman–Crippen LogP) is 0.0904. The van der Waals surface area contributed by atoms with Gasteiger partial charge in [-0.1, -0.05) is 11.6 Å². The van der Waals surface area contributed by atoms with E-state index in [1.54, 1.807) is 4.90 Å². The van der Waals surface area contributed by atoms with E-state index in [1.165, 1.54) is 13.4 Å². The average molecular weight is 273 g/mol. The van der Waals surface area contributed by atoms with Gasteiger partial charge in [-0.15, -0.1) is 0 Å². The third kappa shape index (κ3) is 2.32. The minimum absolute atomic E-state index is 0.178. The molecule has 7 nitrogen and oxygen atoms in total. The molecular weight excluding hydrogens is 260 g/mol. The van der Waals surface area contributed by atoms with Crippen LogP contribution in [0, 0.1) is 0 Å². The zero-order valence-electron chi connectivity index (χ0n) is 9.80. The van der Waals surface area contributed by atoms with Crippen molar-refractivity contribution in [3.8, 4) is 0 Å². The molecule has 0 aromatic carbocycles. The van der Waals surface area contributed by atoms with Crippen LogP contribution in [0.1, 0.15) is 0 Å². The van der Waals surface area contributed by atoms with E-state index in [2.05, 4.69) is 9.97 Å². The van der Waals surface area contributed by atoms with Gasteiger partial charge in [-0.2, -0.15) is 0 Å². The van der Waals surface area contributed by atoms with E-state index in [1.807, 2.05) is 0 Å². The standard InChI is InChI=1S/C10H13ClN4O3/c1-17-10(16)6-4-18-3-2-15(6)9-7(11)8(12)13-5-14-9/h5-6H,2-4H2,1H3,(H2,12,13,14). The molecule has 0 aliphatic carbocycles. The summed E-state index contributed by atoms with van der Waals surface area (Å²) in [5, 5.41) is 0.230. The van der Waals surface area contributed by atoms with E-state index >= 15 is 0 Å². The average Bonchev–Trinajstić information content (AvgIpc) is 2.41. The number of ether oxygens (including phenoxy) is 2. The van der Waals surface area contributed by atoms with Crippen molar-refractivity contribution in [3.63, 3.8) is 0 Å². The second-order valence-electron chi connectivity index (χ2n) is 3.70. The van der Waals surface area contributed by atoms with Gasteiger partial charge in [-0.05, 0) is 0 Å². The van der Waals surface area contributed by atoms with Crippen molar-refractivity contribution in [2.75, 3.05) is 37.5 Å². The van der Waals surface area contributed by atoms with Crippen LogP contribution < -0.4 is 10.6 Å². The van der Waals surface area contributed by atoms with Gasteiger partial charge in [-0.25, -0.2) is 14.8 Å². The summed E-state index contributed by atoms with van der Waals surface area (Å²) in [6, 6.07) is -0.574.